The summed E-state index contributed by atoms with van der Waals surface area (Å²) in [6.07, 6.45) is 2.42. The number of hydrogen-bond acceptors (Lipinski definition) is 5. The van der Waals surface area contributed by atoms with E-state index in [1.165, 1.54) is 0 Å². The van der Waals surface area contributed by atoms with E-state index in [9.17, 15) is 4.79 Å². The van der Waals surface area contributed by atoms with Crippen LogP contribution in [-0.4, -0.2) is 73.2 Å². The van der Waals surface area contributed by atoms with Gasteiger partial charge in [0.2, 0.25) is 5.91 Å². The van der Waals surface area contributed by atoms with Gasteiger partial charge in [-0.15, -0.1) is 0 Å². The number of ether oxygens (including phenoxy) is 2. The summed E-state index contributed by atoms with van der Waals surface area (Å²) >= 11 is 6.25. The zero-order valence-corrected chi connectivity index (χ0v) is 17.2. The molecule has 29 heavy (non-hydrogen) atoms. The molecule has 1 atom stereocenters. The van der Waals surface area contributed by atoms with Gasteiger partial charge >= 0.3 is 0 Å². The van der Waals surface area contributed by atoms with Crippen LogP contribution in [0.25, 0.3) is 0 Å². The second-order valence-electron chi connectivity index (χ2n) is 7.45. The lowest BCUT2D eigenvalue weighted by molar-refractivity contribution is -0.141. The summed E-state index contributed by atoms with van der Waals surface area (Å²) in [5.74, 6) is 0.149. The molecule has 6 nitrogen and oxygen atoms in total. The number of aromatic nitrogens is 1. The van der Waals surface area contributed by atoms with Crippen LogP contribution in [0.15, 0.2) is 42.6 Å². The minimum Gasteiger partial charge on any atom is -0.379 e. The van der Waals surface area contributed by atoms with Crippen molar-refractivity contribution in [1.29, 1.82) is 0 Å². The lowest BCUT2D eigenvalue weighted by Crippen LogP contribution is -2.48. The fraction of sp³-hybridized carbons (Fsp3) is 0.455. The second kappa shape index (κ2) is 9.67. The van der Waals surface area contributed by atoms with Crippen LogP contribution in [0, 0.1) is 0 Å². The predicted octanol–water partition coefficient (Wildman–Crippen LogP) is 2.56. The standard InChI is InChI=1S/C22H26ClN3O3/c23-19-4-2-1-3-18(19)13-17-5-6-20(24-14-17)21-15-26(9-12-29-21)22(27)16-25-7-10-28-11-8-25/h1-6,14,21H,7-13,15-16H2/t21-/m0/s1. The Hall–Kier alpha value is -1.99. The number of pyridine rings is 1. The molecule has 4 rings (SSSR count). The topological polar surface area (TPSA) is 54.9 Å². The van der Waals surface area contributed by atoms with Crippen molar-refractivity contribution in [3.05, 3.63) is 64.4 Å². The lowest BCUT2D eigenvalue weighted by Gasteiger charge is -2.35. The second-order valence-corrected chi connectivity index (χ2v) is 7.85. The first-order valence-electron chi connectivity index (χ1n) is 10.1. The molecule has 154 valence electrons. The smallest absolute Gasteiger partial charge is 0.236 e. The minimum atomic E-state index is -0.188. The van der Waals surface area contributed by atoms with Crippen LogP contribution in [0.3, 0.4) is 0 Å². The van der Waals surface area contributed by atoms with Crippen LogP contribution in [0.2, 0.25) is 5.02 Å². The Bertz CT molecular complexity index is 824. The molecular formula is C22H26ClN3O3. The van der Waals surface area contributed by atoms with Crippen molar-refractivity contribution in [3.8, 4) is 0 Å². The molecule has 0 aliphatic carbocycles. The molecule has 0 N–H and O–H groups in total. The first-order chi connectivity index (χ1) is 14.2. The minimum absolute atomic E-state index is 0.149. The van der Waals surface area contributed by atoms with Crippen molar-refractivity contribution in [2.24, 2.45) is 0 Å². The maximum absolute atomic E-state index is 12.7. The molecular weight excluding hydrogens is 390 g/mol. The van der Waals surface area contributed by atoms with Gasteiger partial charge in [-0.05, 0) is 23.3 Å². The quantitative estimate of drug-likeness (QED) is 0.751. The third-order valence-electron chi connectivity index (χ3n) is 5.41. The van der Waals surface area contributed by atoms with E-state index >= 15 is 0 Å². The summed E-state index contributed by atoms with van der Waals surface area (Å²) in [4.78, 5) is 21.3. The van der Waals surface area contributed by atoms with Crippen molar-refractivity contribution < 1.29 is 14.3 Å². The Kier molecular flexibility index (Phi) is 6.77. The Morgan fingerprint density at radius 1 is 1.10 bits per heavy atom. The monoisotopic (exact) mass is 415 g/mol. The van der Waals surface area contributed by atoms with Crippen LogP contribution in [0.5, 0.6) is 0 Å². The van der Waals surface area contributed by atoms with Gasteiger partial charge in [0, 0.05) is 37.3 Å². The van der Waals surface area contributed by atoms with Crippen LogP contribution in [0.4, 0.5) is 0 Å². The number of nitrogens with zero attached hydrogens (tertiary/aromatic N) is 3. The van der Waals surface area contributed by atoms with E-state index in [1.54, 1.807) is 0 Å². The molecule has 0 radical (unpaired) electrons. The maximum atomic E-state index is 12.7. The number of morpholine rings is 2. The van der Waals surface area contributed by atoms with Gasteiger partial charge in [-0.1, -0.05) is 35.9 Å². The number of benzene rings is 1. The van der Waals surface area contributed by atoms with Crippen molar-refractivity contribution in [1.82, 2.24) is 14.8 Å². The highest BCUT2D eigenvalue weighted by molar-refractivity contribution is 6.31. The van der Waals surface area contributed by atoms with Gasteiger partial charge in [0.1, 0.15) is 6.10 Å². The summed E-state index contributed by atoms with van der Waals surface area (Å²) in [5, 5.41) is 0.765. The number of amides is 1. The summed E-state index contributed by atoms with van der Waals surface area (Å²) in [6, 6.07) is 11.9. The Morgan fingerprint density at radius 2 is 1.93 bits per heavy atom. The number of carbonyl (C=O) groups excluding carboxylic acids is 1. The third-order valence-corrected chi connectivity index (χ3v) is 5.78. The fourth-order valence-electron chi connectivity index (χ4n) is 3.70. The van der Waals surface area contributed by atoms with Crippen molar-refractivity contribution >= 4 is 17.5 Å². The fourth-order valence-corrected chi connectivity index (χ4v) is 3.90. The molecule has 1 aromatic carbocycles. The van der Waals surface area contributed by atoms with Gasteiger partial charge in [-0.2, -0.15) is 0 Å². The van der Waals surface area contributed by atoms with Gasteiger partial charge in [0.15, 0.2) is 0 Å². The van der Waals surface area contributed by atoms with Gasteiger partial charge in [-0.3, -0.25) is 14.7 Å². The maximum Gasteiger partial charge on any atom is 0.236 e. The van der Waals surface area contributed by atoms with Gasteiger partial charge in [-0.25, -0.2) is 0 Å². The molecule has 0 saturated carbocycles. The van der Waals surface area contributed by atoms with Crippen LogP contribution in [0.1, 0.15) is 22.9 Å². The summed E-state index contributed by atoms with van der Waals surface area (Å²) in [6.45, 7) is 5.17. The zero-order chi connectivity index (χ0) is 20.1. The Labute approximate surface area is 176 Å². The molecule has 1 amide bonds. The lowest BCUT2D eigenvalue weighted by atomic mass is 10.1. The molecule has 0 bridgehead atoms. The summed E-state index contributed by atoms with van der Waals surface area (Å²) in [5.41, 5.74) is 3.03. The predicted molar refractivity (Wildman–Crippen MR) is 111 cm³/mol. The van der Waals surface area contributed by atoms with Crippen LogP contribution >= 0.6 is 11.6 Å². The highest BCUT2D eigenvalue weighted by Crippen LogP contribution is 2.23. The first kappa shape index (κ1) is 20.3. The van der Waals surface area contributed by atoms with Crippen molar-refractivity contribution in [2.45, 2.75) is 12.5 Å². The number of rotatable bonds is 5. The number of hydrogen-bond donors (Lipinski definition) is 0. The summed E-state index contributed by atoms with van der Waals surface area (Å²) in [7, 11) is 0. The molecule has 3 heterocycles. The molecule has 1 aromatic heterocycles. The normalized spacial score (nSPS) is 20.6. The van der Waals surface area contributed by atoms with Crippen LogP contribution < -0.4 is 0 Å². The highest BCUT2D eigenvalue weighted by atomic mass is 35.5. The molecule has 2 aromatic rings. The highest BCUT2D eigenvalue weighted by Gasteiger charge is 2.27. The zero-order valence-electron chi connectivity index (χ0n) is 16.4. The average Bonchev–Trinajstić information content (AvgIpc) is 2.77. The molecule has 2 aliphatic rings. The Balaban J connectivity index is 1.35. The van der Waals surface area contributed by atoms with Crippen LogP contribution in [-0.2, 0) is 20.7 Å². The van der Waals surface area contributed by atoms with E-state index in [0.29, 0.717) is 39.5 Å². The summed E-state index contributed by atoms with van der Waals surface area (Å²) < 4.78 is 11.3. The largest absolute Gasteiger partial charge is 0.379 e. The van der Waals surface area contributed by atoms with E-state index in [1.807, 2.05) is 41.4 Å². The molecule has 2 fully saturated rings. The van der Waals surface area contributed by atoms with Crippen molar-refractivity contribution in [3.63, 3.8) is 0 Å². The molecule has 0 unspecified atom stereocenters. The molecule has 2 aliphatic heterocycles. The molecule has 0 spiro atoms. The van der Waals surface area contributed by atoms with Gasteiger partial charge < -0.3 is 14.4 Å². The Morgan fingerprint density at radius 3 is 2.69 bits per heavy atom. The molecule has 2 saturated heterocycles. The van der Waals surface area contributed by atoms with E-state index < -0.39 is 0 Å². The molecule has 7 heteroatoms. The van der Waals surface area contributed by atoms with Crippen molar-refractivity contribution in [2.75, 3.05) is 52.5 Å². The SMILES string of the molecule is O=C(CN1CCOCC1)N1CCO[C@H](c2ccc(Cc3ccccc3Cl)cn2)C1. The first-order valence-corrected chi connectivity index (χ1v) is 10.4. The number of halogens is 1. The number of carbonyl (C=O) groups is 1. The van der Waals surface area contributed by atoms with E-state index in [0.717, 1.165) is 41.4 Å². The van der Waals surface area contributed by atoms with E-state index in [-0.39, 0.29) is 12.0 Å². The van der Waals surface area contributed by atoms with Gasteiger partial charge in [0.25, 0.3) is 0 Å². The van der Waals surface area contributed by atoms with E-state index in [4.69, 9.17) is 21.1 Å². The average molecular weight is 416 g/mol. The van der Waals surface area contributed by atoms with Gasteiger partial charge in [0.05, 0.1) is 38.6 Å². The third kappa shape index (κ3) is 5.34. The van der Waals surface area contributed by atoms with E-state index in [2.05, 4.69) is 16.0 Å².